The Bertz CT molecular complexity index is 765. The van der Waals surface area contributed by atoms with Crippen LogP contribution in [0.5, 0.6) is 0 Å². The van der Waals surface area contributed by atoms with E-state index in [2.05, 4.69) is 5.10 Å². The lowest BCUT2D eigenvalue weighted by atomic mass is 10.1. The standard InChI is InChI=1S/C17H14N2OS/c1-21-16-10-6-5-9-15(16)17(20)13-11-18-19(12-13)14-7-3-2-4-8-14/h2-12H,1H3. The summed E-state index contributed by atoms with van der Waals surface area (Å²) in [6, 6.07) is 17.4. The van der Waals surface area contributed by atoms with Crippen molar-refractivity contribution in [3.8, 4) is 5.69 Å². The Morgan fingerprint density at radius 3 is 2.52 bits per heavy atom. The fourth-order valence-electron chi connectivity index (χ4n) is 2.15. The number of carbonyl (C=O) groups is 1. The van der Waals surface area contributed by atoms with E-state index in [1.165, 1.54) is 0 Å². The number of benzene rings is 2. The van der Waals surface area contributed by atoms with Gasteiger partial charge in [-0.3, -0.25) is 4.79 Å². The van der Waals surface area contributed by atoms with Gasteiger partial charge in [-0.2, -0.15) is 5.10 Å². The fourth-order valence-corrected chi connectivity index (χ4v) is 2.75. The predicted octanol–water partition coefficient (Wildman–Crippen LogP) is 3.83. The van der Waals surface area contributed by atoms with E-state index in [0.717, 1.165) is 16.1 Å². The minimum Gasteiger partial charge on any atom is -0.288 e. The molecule has 1 aromatic heterocycles. The molecule has 0 saturated carbocycles. The van der Waals surface area contributed by atoms with Crippen molar-refractivity contribution < 1.29 is 4.79 Å². The molecule has 0 aliphatic rings. The molecule has 0 bridgehead atoms. The first-order valence-corrected chi connectivity index (χ1v) is 7.80. The molecule has 0 atom stereocenters. The first-order chi connectivity index (χ1) is 10.3. The van der Waals surface area contributed by atoms with Crippen molar-refractivity contribution >= 4 is 17.5 Å². The molecule has 0 amide bonds. The van der Waals surface area contributed by atoms with Gasteiger partial charge in [0.2, 0.25) is 0 Å². The van der Waals surface area contributed by atoms with Crippen LogP contribution < -0.4 is 0 Å². The van der Waals surface area contributed by atoms with Crippen LogP contribution in [0, 0.1) is 0 Å². The summed E-state index contributed by atoms with van der Waals surface area (Å²) in [6.07, 6.45) is 5.36. The molecule has 3 aromatic rings. The Kier molecular flexibility index (Phi) is 3.88. The summed E-state index contributed by atoms with van der Waals surface area (Å²) < 4.78 is 1.72. The number of hydrogen-bond donors (Lipinski definition) is 0. The molecule has 1 heterocycles. The van der Waals surface area contributed by atoms with E-state index >= 15 is 0 Å². The van der Waals surface area contributed by atoms with Gasteiger partial charge in [-0.15, -0.1) is 11.8 Å². The number of ketones is 1. The summed E-state index contributed by atoms with van der Waals surface area (Å²) in [5.74, 6) is 0.00197. The Balaban J connectivity index is 1.95. The summed E-state index contributed by atoms with van der Waals surface area (Å²) in [4.78, 5) is 13.6. The highest BCUT2D eigenvalue weighted by molar-refractivity contribution is 7.98. The van der Waals surface area contributed by atoms with E-state index in [0.29, 0.717) is 5.56 Å². The van der Waals surface area contributed by atoms with E-state index in [-0.39, 0.29) is 5.78 Å². The van der Waals surface area contributed by atoms with E-state index in [1.54, 1.807) is 28.8 Å². The molecule has 104 valence electrons. The molecule has 0 fully saturated rings. The van der Waals surface area contributed by atoms with Gasteiger partial charge in [0.05, 0.1) is 17.4 Å². The summed E-state index contributed by atoms with van der Waals surface area (Å²) >= 11 is 1.57. The molecule has 2 aromatic carbocycles. The molecule has 4 heteroatoms. The molecule has 0 spiro atoms. The van der Waals surface area contributed by atoms with Gasteiger partial charge < -0.3 is 0 Å². The predicted molar refractivity (Wildman–Crippen MR) is 85.2 cm³/mol. The van der Waals surface area contributed by atoms with Gasteiger partial charge >= 0.3 is 0 Å². The van der Waals surface area contributed by atoms with E-state index in [1.807, 2.05) is 60.9 Å². The summed E-state index contributed by atoms with van der Waals surface area (Å²) in [6.45, 7) is 0. The SMILES string of the molecule is CSc1ccccc1C(=O)c1cnn(-c2ccccc2)c1. The lowest BCUT2D eigenvalue weighted by Gasteiger charge is -2.04. The Morgan fingerprint density at radius 2 is 1.76 bits per heavy atom. The summed E-state index contributed by atoms with van der Waals surface area (Å²) in [7, 11) is 0. The Morgan fingerprint density at radius 1 is 1.05 bits per heavy atom. The molecule has 3 rings (SSSR count). The lowest BCUT2D eigenvalue weighted by molar-refractivity contribution is 0.103. The number of nitrogens with zero attached hydrogens (tertiary/aromatic N) is 2. The molecule has 21 heavy (non-hydrogen) atoms. The first kappa shape index (κ1) is 13.6. The monoisotopic (exact) mass is 294 g/mol. The van der Waals surface area contributed by atoms with E-state index < -0.39 is 0 Å². The van der Waals surface area contributed by atoms with Crippen LogP contribution in [0.3, 0.4) is 0 Å². The van der Waals surface area contributed by atoms with Crippen molar-refractivity contribution in [1.82, 2.24) is 9.78 Å². The largest absolute Gasteiger partial charge is 0.288 e. The Labute approximate surface area is 127 Å². The highest BCUT2D eigenvalue weighted by Crippen LogP contribution is 2.22. The van der Waals surface area contributed by atoms with Crippen molar-refractivity contribution in [3.63, 3.8) is 0 Å². The van der Waals surface area contributed by atoms with Crippen LogP contribution >= 0.6 is 11.8 Å². The third-order valence-corrected chi connectivity index (χ3v) is 4.01. The van der Waals surface area contributed by atoms with Crippen LogP contribution in [0.4, 0.5) is 0 Å². The number of hydrogen-bond acceptors (Lipinski definition) is 3. The zero-order valence-electron chi connectivity index (χ0n) is 11.6. The maximum absolute atomic E-state index is 12.6. The highest BCUT2D eigenvalue weighted by atomic mass is 32.2. The minimum absolute atomic E-state index is 0.00197. The van der Waals surface area contributed by atoms with Gasteiger partial charge in [0.25, 0.3) is 0 Å². The van der Waals surface area contributed by atoms with Crippen molar-refractivity contribution in [2.45, 2.75) is 4.90 Å². The molecular weight excluding hydrogens is 280 g/mol. The van der Waals surface area contributed by atoms with Gasteiger partial charge in [-0.1, -0.05) is 30.3 Å². The average molecular weight is 294 g/mol. The van der Waals surface area contributed by atoms with Gasteiger partial charge in [0.15, 0.2) is 5.78 Å². The van der Waals surface area contributed by atoms with Gasteiger partial charge in [0, 0.05) is 16.7 Å². The maximum atomic E-state index is 12.6. The second-order valence-corrected chi connectivity index (χ2v) is 5.39. The van der Waals surface area contributed by atoms with Crippen molar-refractivity contribution in [1.29, 1.82) is 0 Å². The number of rotatable bonds is 4. The van der Waals surface area contributed by atoms with Crippen LogP contribution in [0.2, 0.25) is 0 Å². The van der Waals surface area contributed by atoms with Crippen LogP contribution in [0.25, 0.3) is 5.69 Å². The topological polar surface area (TPSA) is 34.9 Å². The second kappa shape index (κ2) is 5.97. The smallest absolute Gasteiger partial charge is 0.197 e. The maximum Gasteiger partial charge on any atom is 0.197 e. The average Bonchev–Trinajstić information content (AvgIpc) is 3.05. The Hall–Kier alpha value is -2.33. The van der Waals surface area contributed by atoms with E-state index in [4.69, 9.17) is 0 Å². The second-order valence-electron chi connectivity index (χ2n) is 4.54. The van der Waals surface area contributed by atoms with Gasteiger partial charge in [-0.25, -0.2) is 4.68 Å². The number of thioether (sulfide) groups is 1. The first-order valence-electron chi connectivity index (χ1n) is 6.57. The van der Waals surface area contributed by atoms with Crippen LogP contribution in [0.1, 0.15) is 15.9 Å². The van der Waals surface area contributed by atoms with Crippen LogP contribution in [-0.4, -0.2) is 21.8 Å². The third-order valence-electron chi connectivity index (χ3n) is 3.22. The van der Waals surface area contributed by atoms with Crippen LogP contribution in [-0.2, 0) is 0 Å². The molecule has 0 unspecified atom stereocenters. The zero-order chi connectivity index (χ0) is 14.7. The number of carbonyl (C=O) groups excluding carboxylic acids is 1. The molecular formula is C17H14N2OS. The number of aromatic nitrogens is 2. The van der Waals surface area contributed by atoms with Crippen molar-refractivity contribution in [3.05, 3.63) is 78.1 Å². The highest BCUT2D eigenvalue weighted by Gasteiger charge is 2.15. The minimum atomic E-state index is 0.00197. The van der Waals surface area contributed by atoms with Gasteiger partial charge in [-0.05, 0) is 30.5 Å². The molecule has 3 nitrogen and oxygen atoms in total. The third kappa shape index (κ3) is 2.76. The molecule has 0 saturated heterocycles. The molecule has 0 radical (unpaired) electrons. The van der Waals surface area contributed by atoms with Crippen LogP contribution in [0.15, 0.2) is 71.9 Å². The molecule has 0 aliphatic heterocycles. The summed E-state index contributed by atoms with van der Waals surface area (Å²) in [5, 5.41) is 4.28. The normalized spacial score (nSPS) is 10.5. The van der Waals surface area contributed by atoms with Crippen molar-refractivity contribution in [2.24, 2.45) is 0 Å². The zero-order valence-corrected chi connectivity index (χ0v) is 12.4. The van der Waals surface area contributed by atoms with Crippen molar-refractivity contribution in [2.75, 3.05) is 6.26 Å². The van der Waals surface area contributed by atoms with Gasteiger partial charge in [0.1, 0.15) is 0 Å². The number of para-hydroxylation sites is 1. The summed E-state index contributed by atoms with van der Waals surface area (Å²) in [5.41, 5.74) is 2.26. The fraction of sp³-hybridized carbons (Fsp3) is 0.0588. The lowest BCUT2D eigenvalue weighted by Crippen LogP contribution is -2.02. The quantitative estimate of drug-likeness (QED) is 0.542. The molecule has 0 aliphatic carbocycles. The van der Waals surface area contributed by atoms with E-state index in [9.17, 15) is 4.79 Å². The molecule has 0 N–H and O–H groups in total.